The lowest BCUT2D eigenvalue weighted by molar-refractivity contribution is -0.132. The van der Waals surface area contributed by atoms with Gasteiger partial charge in [0.2, 0.25) is 11.8 Å². The van der Waals surface area contributed by atoms with Crippen LogP contribution < -0.4 is 10.1 Å². The van der Waals surface area contributed by atoms with E-state index in [2.05, 4.69) is 5.32 Å². The van der Waals surface area contributed by atoms with Crippen LogP contribution in [0.1, 0.15) is 31.9 Å². The van der Waals surface area contributed by atoms with Gasteiger partial charge in [-0.05, 0) is 27.0 Å². The van der Waals surface area contributed by atoms with E-state index in [1.54, 1.807) is 16.8 Å². The molecule has 0 saturated heterocycles. The molecule has 0 radical (unpaired) electrons. The van der Waals surface area contributed by atoms with Crippen molar-refractivity contribution in [1.29, 1.82) is 0 Å². The van der Waals surface area contributed by atoms with Crippen molar-refractivity contribution in [2.45, 2.75) is 26.3 Å². The molecule has 1 atom stereocenters. The van der Waals surface area contributed by atoms with E-state index < -0.39 is 0 Å². The first kappa shape index (κ1) is 18.3. The van der Waals surface area contributed by atoms with Crippen LogP contribution >= 0.6 is 0 Å². The smallest absolute Gasteiger partial charge is 0.236 e. The van der Waals surface area contributed by atoms with Gasteiger partial charge in [-0.3, -0.25) is 14.5 Å². The molecule has 0 saturated carbocycles. The molecule has 0 spiro atoms. The lowest BCUT2D eigenvalue weighted by Gasteiger charge is -2.27. The number of hydrogen-bond donors (Lipinski definition) is 1. The van der Waals surface area contributed by atoms with Gasteiger partial charge in [0.1, 0.15) is 5.75 Å². The van der Waals surface area contributed by atoms with E-state index in [0.29, 0.717) is 19.7 Å². The highest BCUT2D eigenvalue weighted by molar-refractivity contribution is 5.81. The van der Waals surface area contributed by atoms with Gasteiger partial charge in [0.25, 0.3) is 0 Å². The van der Waals surface area contributed by atoms with Crippen LogP contribution in [-0.4, -0.2) is 61.4 Å². The van der Waals surface area contributed by atoms with Crippen LogP contribution in [0.3, 0.4) is 0 Å². The molecule has 24 heavy (non-hydrogen) atoms. The molecule has 6 nitrogen and oxygen atoms in total. The highest BCUT2D eigenvalue weighted by Gasteiger charge is 2.23. The molecule has 1 aromatic carbocycles. The summed E-state index contributed by atoms with van der Waals surface area (Å²) in [5.41, 5.74) is 1.01. The molecule has 1 aliphatic heterocycles. The maximum atomic E-state index is 12.3. The first-order valence-corrected chi connectivity index (χ1v) is 8.52. The Bertz CT molecular complexity index is 572. The van der Waals surface area contributed by atoms with Crippen LogP contribution in [-0.2, 0) is 9.59 Å². The SMILES string of the molecule is CCN(CC)C(=O)CN(C)CC(=O)NC1CCOc2ccccc21. The van der Waals surface area contributed by atoms with Gasteiger partial charge in [-0.15, -0.1) is 0 Å². The van der Waals surface area contributed by atoms with Gasteiger partial charge >= 0.3 is 0 Å². The van der Waals surface area contributed by atoms with Gasteiger partial charge in [0.05, 0.1) is 25.7 Å². The van der Waals surface area contributed by atoms with Crippen LogP contribution in [0.2, 0.25) is 0 Å². The quantitative estimate of drug-likeness (QED) is 0.820. The molecular weight excluding hydrogens is 306 g/mol. The Labute approximate surface area is 143 Å². The van der Waals surface area contributed by atoms with Crippen molar-refractivity contribution in [1.82, 2.24) is 15.1 Å². The fraction of sp³-hybridized carbons (Fsp3) is 0.556. The summed E-state index contributed by atoms with van der Waals surface area (Å²) in [4.78, 5) is 27.9. The van der Waals surface area contributed by atoms with Gasteiger partial charge in [0, 0.05) is 25.1 Å². The first-order chi connectivity index (χ1) is 11.5. The topological polar surface area (TPSA) is 61.9 Å². The molecule has 1 aliphatic rings. The zero-order valence-electron chi connectivity index (χ0n) is 14.7. The number of para-hydroxylation sites is 1. The van der Waals surface area contributed by atoms with Gasteiger partial charge in [-0.2, -0.15) is 0 Å². The second-order valence-electron chi connectivity index (χ2n) is 6.03. The van der Waals surface area contributed by atoms with E-state index in [-0.39, 0.29) is 30.9 Å². The number of fused-ring (bicyclic) bond motifs is 1. The highest BCUT2D eigenvalue weighted by Crippen LogP contribution is 2.31. The average molecular weight is 333 g/mol. The lowest BCUT2D eigenvalue weighted by Crippen LogP contribution is -2.43. The number of carbonyl (C=O) groups excluding carboxylic acids is 2. The molecule has 132 valence electrons. The molecule has 2 rings (SSSR count). The minimum atomic E-state index is -0.0773. The Hall–Kier alpha value is -2.08. The number of hydrogen-bond acceptors (Lipinski definition) is 4. The van der Waals surface area contributed by atoms with Gasteiger partial charge < -0.3 is 15.0 Å². The van der Waals surface area contributed by atoms with E-state index in [9.17, 15) is 9.59 Å². The summed E-state index contributed by atoms with van der Waals surface area (Å²) in [7, 11) is 1.79. The van der Waals surface area contributed by atoms with Gasteiger partial charge in [0.15, 0.2) is 0 Å². The molecule has 1 N–H and O–H groups in total. The number of ether oxygens (including phenoxy) is 1. The maximum Gasteiger partial charge on any atom is 0.236 e. The molecule has 6 heteroatoms. The van der Waals surface area contributed by atoms with Crippen molar-refractivity contribution in [3.63, 3.8) is 0 Å². The van der Waals surface area contributed by atoms with E-state index in [1.165, 1.54) is 0 Å². The lowest BCUT2D eigenvalue weighted by atomic mass is 10.0. The number of benzene rings is 1. The molecule has 1 unspecified atom stereocenters. The Kier molecular flexibility index (Phi) is 6.61. The number of amides is 2. The number of likely N-dealkylation sites (N-methyl/N-ethyl adjacent to an activating group) is 2. The Morgan fingerprint density at radius 1 is 1.21 bits per heavy atom. The van der Waals surface area contributed by atoms with Crippen molar-refractivity contribution in [3.8, 4) is 5.75 Å². The van der Waals surface area contributed by atoms with E-state index in [1.807, 2.05) is 38.1 Å². The molecule has 0 aliphatic carbocycles. The van der Waals surface area contributed by atoms with Crippen molar-refractivity contribution >= 4 is 11.8 Å². The summed E-state index contributed by atoms with van der Waals surface area (Å²) in [5.74, 6) is 0.803. The third kappa shape index (κ3) is 4.71. The van der Waals surface area contributed by atoms with Gasteiger partial charge in [-0.25, -0.2) is 0 Å². The monoisotopic (exact) mass is 333 g/mol. The zero-order valence-corrected chi connectivity index (χ0v) is 14.7. The standard InChI is InChI=1S/C18H27N3O3/c1-4-21(5-2)18(23)13-20(3)12-17(22)19-15-10-11-24-16-9-7-6-8-14(15)16/h6-9,15H,4-5,10-13H2,1-3H3,(H,19,22). The predicted molar refractivity (Wildman–Crippen MR) is 92.9 cm³/mol. The highest BCUT2D eigenvalue weighted by atomic mass is 16.5. The number of nitrogens with zero attached hydrogens (tertiary/aromatic N) is 2. The summed E-state index contributed by atoms with van der Waals surface area (Å²) in [6, 6.07) is 7.74. The second-order valence-corrected chi connectivity index (χ2v) is 6.03. The molecule has 0 fully saturated rings. The van der Waals surface area contributed by atoms with Crippen LogP contribution in [0, 0.1) is 0 Å². The summed E-state index contributed by atoms with van der Waals surface area (Å²) in [6.45, 7) is 6.33. The van der Waals surface area contributed by atoms with Crippen LogP contribution in [0.25, 0.3) is 0 Å². The summed E-state index contributed by atoms with van der Waals surface area (Å²) < 4.78 is 5.61. The predicted octanol–water partition coefficient (Wildman–Crippen LogP) is 1.43. The van der Waals surface area contributed by atoms with Crippen LogP contribution in [0.4, 0.5) is 0 Å². The summed E-state index contributed by atoms with van der Waals surface area (Å²) in [6.07, 6.45) is 0.755. The third-order valence-corrected chi connectivity index (χ3v) is 4.23. The Balaban J connectivity index is 1.86. The van der Waals surface area contributed by atoms with Crippen LogP contribution in [0.15, 0.2) is 24.3 Å². The molecule has 1 heterocycles. The summed E-state index contributed by atoms with van der Waals surface area (Å²) in [5, 5.41) is 3.05. The number of carbonyl (C=O) groups is 2. The molecule has 0 aromatic heterocycles. The van der Waals surface area contributed by atoms with Crippen LogP contribution in [0.5, 0.6) is 5.75 Å². The minimum absolute atomic E-state index is 0.0330. The number of nitrogens with one attached hydrogen (secondary N) is 1. The second kappa shape index (κ2) is 8.68. The fourth-order valence-corrected chi connectivity index (χ4v) is 2.94. The minimum Gasteiger partial charge on any atom is -0.493 e. The molecule has 2 amide bonds. The average Bonchev–Trinajstić information content (AvgIpc) is 2.56. The van der Waals surface area contributed by atoms with Crippen molar-refractivity contribution in [2.24, 2.45) is 0 Å². The largest absolute Gasteiger partial charge is 0.493 e. The summed E-state index contributed by atoms with van der Waals surface area (Å²) >= 11 is 0. The van der Waals surface area contributed by atoms with Crippen molar-refractivity contribution in [2.75, 3.05) is 39.8 Å². The Morgan fingerprint density at radius 3 is 2.62 bits per heavy atom. The zero-order chi connectivity index (χ0) is 17.5. The third-order valence-electron chi connectivity index (χ3n) is 4.23. The normalized spacial score (nSPS) is 16.2. The molecule has 1 aromatic rings. The van der Waals surface area contributed by atoms with E-state index >= 15 is 0 Å². The molecular formula is C18H27N3O3. The van der Waals surface area contributed by atoms with Crippen molar-refractivity contribution < 1.29 is 14.3 Å². The molecule has 0 bridgehead atoms. The van der Waals surface area contributed by atoms with Gasteiger partial charge in [-0.1, -0.05) is 18.2 Å². The van der Waals surface area contributed by atoms with Crippen molar-refractivity contribution in [3.05, 3.63) is 29.8 Å². The number of rotatable bonds is 7. The fourth-order valence-electron chi connectivity index (χ4n) is 2.94. The Morgan fingerprint density at radius 2 is 1.92 bits per heavy atom. The maximum absolute atomic E-state index is 12.3. The van der Waals surface area contributed by atoms with E-state index in [4.69, 9.17) is 4.74 Å². The first-order valence-electron chi connectivity index (χ1n) is 8.52. The van der Waals surface area contributed by atoms with E-state index in [0.717, 1.165) is 17.7 Å².